The molecule has 1 heterocycles. The van der Waals surface area contributed by atoms with Crippen molar-refractivity contribution < 1.29 is 19.1 Å². The van der Waals surface area contributed by atoms with Gasteiger partial charge in [0, 0.05) is 18.9 Å². The standard InChI is InChI=1S/C19H28N2O4/c1-6-8-10-17(22)20-14(9-7-2)19(24)21-15(11-13(3)4)16(25-5)12-18(21)23/h1,12-15H,7-11H2,2-5H3,(H,20,22)/t14-,15+/m1/s1. The largest absolute Gasteiger partial charge is 0.499 e. The van der Waals surface area contributed by atoms with E-state index in [9.17, 15) is 14.4 Å². The third-order valence-corrected chi connectivity index (χ3v) is 4.02. The van der Waals surface area contributed by atoms with Gasteiger partial charge in [0.1, 0.15) is 11.8 Å². The van der Waals surface area contributed by atoms with Crippen molar-refractivity contribution in [3.8, 4) is 12.3 Å². The Balaban J connectivity index is 2.95. The zero-order valence-corrected chi connectivity index (χ0v) is 15.5. The lowest BCUT2D eigenvalue weighted by molar-refractivity contribution is -0.146. The van der Waals surface area contributed by atoms with Crippen molar-refractivity contribution in [2.75, 3.05) is 7.11 Å². The van der Waals surface area contributed by atoms with Crippen molar-refractivity contribution in [3.05, 3.63) is 11.8 Å². The second-order valence-corrected chi connectivity index (χ2v) is 6.56. The van der Waals surface area contributed by atoms with Gasteiger partial charge in [-0.2, -0.15) is 0 Å². The van der Waals surface area contributed by atoms with Crippen molar-refractivity contribution in [3.63, 3.8) is 0 Å². The van der Waals surface area contributed by atoms with Gasteiger partial charge < -0.3 is 10.1 Å². The summed E-state index contributed by atoms with van der Waals surface area (Å²) < 4.78 is 5.29. The molecule has 0 unspecified atom stereocenters. The first-order valence-corrected chi connectivity index (χ1v) is 8.71. The van der Waals surface area contributed by atoms with Crippen molar-refractivity contribution in [1.29, 1.82) is 0 Å². The maximum absolute atomic E-state index is 13.0. The molecule has 0 radical (unpaired) electrons. The molecule has 1 aliphatic heterocycles. The Bertz CT molecular complexity index is 574. The van der Waals surface area contributed by atoms with Crippen LogP contribution in [0.3, 0.4) is 0 Å². The van der Waals surface area contributed by atoms with Crippen molar-refractivity contribution >= 4 is 17.7 Å². The van der Waals surface area contributed by atoms with E-state index in [4.69, 9.17) is 11.2 Å². The molecule has 25 heavy (non-hydrogen) atoms. The van der Waals surface area contributed by atoms with Gasteiger partial charge in [-0.25, -0.2) is 0 Å². The Hall–Kier alpha value is -2.29. The molecule has 3 amide bonds. The van der Waals surface area contributed by atoms with Gasteiger partial charge in [0.05, 0.1) is 13.2 Å². The molecule has 1 aliphatic rings. The number of carbonyl (C=O) groups excluding carboxylic acids is 3. The van der Waals surface area contributed by atoms with Gasteiger partial charge in [0.25, 0.3) is 11.8 Å². The topological polar surface area (TPSA) is 75.7 Å². The summed E-state index contributed by atoms with van der Waals surface area (Å²) in [5, 5.41) is 2.71. The Labute approximate surface area is 150 Å². The quantitative estimate of drug-likeness (QED) is 0.647. The third-order valence-electron chi connectivity index (χ3n) is 4.02. The lowest BCUT2D eigenvalue weighted by Crippen LogP contribution is -2.52. The number of methoxy groups -OCH3 is 1. The molecular formula is C19H28N2O4. The Morgan fingerprint density at radius 3 is 2.64 bits per heavy atom. The van der Waals surface area contributed by atoms with Crippen LogP contribution in [0.5, 0.6) is 0 Å². The van der Waals surface area contributed by atoms with Crippen LogP contribution < -0.4 is 5.32 Å². The molecule has 1 rings (SSSR count). The molecule has 0 aromatic rings. The first-order valence-electron chi connectivity index (χ1n) is 8.71. The predicted molar refractivity (Wildman–Crippen MR) is 95.1 cm³/mol. The monoisotopic (exact) mass is 348 g/mol. The maximum Gasteiger partial charge on any atom is 0.257 e. The van der Waals surface area contributed by atoms with Crippen LogP contribution in [0, 0.1) is 18.3 Å². The number of hydrogen-bond acceptors (Lipinski definition) is 4. The van der Waals surface area contributed by atoms with E-state index in [1.54, 1.807) is 0 Å². The number of nitrogens with zero attached hydrogens (tertiary/aromatic N) is 1. The van der Waals surface area contributed by atoms with Gasteiger partial charge >= 0.3 is 0 Å². The lowest BCUT2D eigenvalue weighted by Gasteiger charge is -2.29. The van der Waals surface area contributed by atoms with Crippen LogP contribution in [0.1, 0.15) is 52.9 Å². The van der Waals surface area contributed by atoms with Gasteiger partial charge in [0.15, 0.2) is 0 Å². The van der Waals surface area contributed by atoms with E-state index in [0.717, 1.165) is 0 Å². The molecule has 2 atom stereocenters. The zero-order valence-electron chi connectivity index (χ0n) is 15.5. The van der Waals surface area contributed by atoms with Gasteiger partial charge in [-0.05, 0) is 18.8 Å². The van der Waals surface area contributed by atoms with E-state index in [2.05, 4.69) is 11.2 Å². The molecule has 6 nitrogen and oxygen atoms in total. The SMILES string of the molecule is C#CCCC(=O)N[C@H](CCC)C(=O)N1C(=O)C=C(OC)[C@@H]1CC(C)C. The molecule has 0 fully saturated rings. The highest BCUT2D eigenvalue weighted by molar-refractivity contribution is 6.06. The van der Waals surface area contributed by atoms with Gasteiger partial charge in [-0.1, -0.05) is 27.2 Å². The number of hydrogen-bond donors (Lipinski definition) is 1. The second-order valence-electron chi connectivity index (χ2n) is 6.56. The van der Waals surface area contributed by atoms with Crippen LogP contribution in [-0.4, -0.2) is 41.8 Å². The van der Waals surface area contributed by atoms with Gasteiger partial charge in [0.2, 0.25) is 5.91 Å². The second kappa shape index (κ2) is 9.87. The average Bonchev–Trinajstić information content (AvgIpc) is 2.86. The summed E-state index contributed by atoms with van der Waals surface area (Å²) >= 11 is 0. The summed E-state index contributed by atoms with van der Waals surface area (Å²) in [7, 11) is 1.49. The van der Waals surface area contributed by atoms with Gasteiger partial charge in [-0.15, -0.1) is 12.3 Å². The van der Waals surface area contributed by atoms with Crippen LogP contribution in [0.2, 0.25) is 0 Å². The van der Waals surface area contributed by atoms with E-state index in [1.165, 1.54) is 18.1 Å². The van der Waals surface area contributed by atoms with Crippen LogP contribution in [-0.2, 0) is 19.1 Å². The lowest BCUT2D eigenvalue weighted by atomic mass is 10.0. The zero-order chi connectivity index (χ0) is 19.0. The molecular weight excluding hydrogens is 320 g/mol. The summed E-state index contributed by atoms with van der Waals surface area (Å²) in [5.74, 6) is 2.10. The van der Waals surface area contributed by atoms with E-state index in [1.807, 2.05) is 20.8 Å². The highest BCUT2D eigenvalue weighted by Crippen LogP contribution is 2.27. The van der Waals surface area contributed by atoms with Crippen LogP contribution >= 0.6 is 0 Å². The van der Waals surface area contributed by atoms with Gasteiger partial charge in [-0.3, -0.25) is 19.3 Å². The highest BCUT2D eigenvalue weighted by Gasteiger charge is 2.41. The fourth-order valence-corrected chi connectivity index (χ4v) is 2.86. The van der Waals surface area contributed by atoms with E-state index < -0.39 is 23.9 Å². The van der Waals surface area contributed by atoms with Crippen molar-refractivity contribution in [2.45, 2.75) is 65.0 Å². The number of amides is 3. The fraction of sp³-hybridized carbons (Fsp3) is 0.632. The molecule has 0 saturated heterocycles. The van der Waals surface area contributed by atoms with Crippen LogP contribution in [0.4, 0.5) is 0 Å². The number of rotatable bonds is 9. The first kappa shape index (κ1) is 20.8. The first-order chi connectivity index (χ1) is 11.8. The average molecular weight is 348 g/mol. The molecule has 0 bridgehead atoms. The van der Waals surface area contributed by atoms with Crippen LogP contribution in [0.15, 0.2) is 11.8 Å². The Kier molecular flexibility index (Phi) is 8.20. The minimum absolute atomic E-state index is 0.162. The molecule has 0 saturated carbocycles. The van der Waals surface area contributed by atoms with Crippen molar-refractivity contribution in [1.82, 2.24) is 10.2 Å². The maximum atomic E-state index is 13.0. The molecule has 0 aromatic carbocycles. The minimum Gasteiger partial charge on any atom is -0.499 e. The molecule has 1 N–H and O–H groups in total. The summed E-state index contributed by atoms with van der Waals surface area (Å²) in [6, 6.07) is -1.16. The van der Waals surface area contributed by atoms with E-state index in [-0.39, 0.29) is 18.2 Å². The number of imide groups is 1. The normalized spacial score (nSPS) is 17.9. The molecule has 0 spiro atoms. The number of nitrogens with one attached hydrogen (secondary N) is 1. The Morgan fingerprint density at radius 1 is 1.44 bits per heavy atom. The smallest absolute Gasteiger partial charge is 0.257 e. The number of terminal acetylenes is 1. The van der Waals surface area contributed by atoms with Crippen molar-refractivity contribution in [2.24, 2.45) is 5.92 Å². The summed E-state index contributed by atoms with van der Waals surface area (Å²) in [5.41, 5.74) is 0. The number of carbonyl (C=O) groups is 3. The fourth-order valence-electron chi connectivity index (χ4n) is 2.86. The summed E-state index contributed by atoms with van der Waals surface area (Å²) in [6.07, 6.45) is 8.77. The molecule has 6 heteroatoms. The number of ether oxygens (including phenoxy) is 1. The summed E-state index contributed by atoms with van der Waals surface area (Å²) in [6.45, 7) is 5.96. The minimum atomic E-state index is -0.738. The van der Waals surface area contributed by atoms with Crippen LogP contribution in [0.25, 0.3) is 0 Å². The molecule has 138 valence electrons. The van der Waals surface area contributed by atoms with E-state index >= 15 is 0 Å². The highest BCUT2D eigenvalue weighted by atomic mass is 16.5. The molecule has 0 aromatic heterocycles. The Morgan fingerprint density at radius 2 is 2.12 bits per heavy atom. The van der Waals surface area contributed by atoms with E-state index in [0.29, 0.717) is 31.4 Å². The predicted octanol–water partition coefficient (Wildman–Crippen LogP) is 2.00. The molecule has 0 aliphatic carbocycles. The third kappa shape index (κ3) is 5.63. The summed E-state index contributed by atoms with van der Waals surface area (Å²) in [4.78, 5) is 38.5.